The van der Waals surface area contributed by atoms with Gasteiger partial charge in [0.2, 0.25) is 6.08 Å². The Morgan fingerprint density at radius 1 is 1.29 bits per heavy atom. The van der Waals surface area contributed by atoms with Gasteiger partial charge in [0.05, 0.1) is 13.2 Å². The van der Waals surface area contributed by atoms with Crippen LogP contribution in [0, 0.1) is 0 Å². The SMILES string of the molecule is C=C(C)C(=O)N=C=O.COCC(COC)OC. The Morgan fingerprint density at radius 2 is 1.76 bits per heavy atom. The number of hydrogen-bond donors (Lipinski definition) is 0. The van der Waals surface area contributed by atoms with Gasteiger partial charge in [0, 0.05) is 26.9 Å². The molecule has 0 heterocycles. The monoisotopic (exact) mass is 245 g/mol. The van der Waals surface area contributed by atoms with Crippen LogP contribution in [0.15, 0.2) is 17.1 Å². The van der Waals surface area contributed by atoms with Crippen molar-refractivity contribution in [3.8, 4) is 0 Å². The maximum absolute atomic E-state index is 10.2. The highest BCUT2D eigenvalue weighted by atomic mass is 16.5. The summed E-state index contributed by atoms with van der Waals surface area (Å²) in [7, 11) is 4.92. The van der Waals surface area contributed by atoms with Gasteiger partial charge in [-0.2, -0.15) is 0 Å². The van der Waals surface area contributed by atoms with Crippen LogP contribution in [0.1, 0.15) is 6.92 Å². The Hall–Kier alpha value is -1.33. The van der Waals surface area contributed by atoms with Gasteiger partial charge in [-0.1, -0.05) is 6.58 Å². The van der Waals surface area contributed by atoms with E-state index in [0.29, 0.717) is 13.2 Å². The predicted octanol–water partition coefficient (Wildman–Crippen LogP) is 0.719. The van der Waals surface area contributed by atoms with Gasteiger partial charge in [-0.15, -0.1) is 4.99 Å². The zero-order valence-corrected chi connectivity index (χ0v) is 10.7. The molecule has 0 aliphatic heterocycles. The molecule has 0 N–H and O–H groups in total. The van der Waals surface area contributed by atoms with Crippen LogP contribution >= 0.6 is 0 Å². The van der Waals surface area contributed by atoms with E-state index in [9.17, 15) is 9.59 Å². The molecule has 6 nitrogen and oxygen atoms in total. The molecule has 0 atom stereocenters. The molecule has 0 radical (unpaired) electrons. The summed E-state index contributed by atoms with van der Waals surface area (Å²) in [5.41, 5.74) is 0.244. The fourth-order valence-corrected chi connectivity index (χ4v) is 0.693. The van der Waals surface area contributed by atoms with E-state index in [4.69, 9.17) is 14.2 Å². The van der Waals surface area contributed by atoms with Crippen molar-refractivity contribution < 1.29 is 23.8 Å². The van der Waals surface area contributed by atoms with Gasteiger partial charge in [-0.25, -0.2) is 4.79 Å². The highest BCUT2D eigenvalue weighted by Gasteiger charge is 2.03. The lowest BCUT2D eigenvalue weighted by atomic mass is 10.3. The quantitative estimate of drug-likeness (QED) is 0.391. The van der Waals surface area contributed by atoms with E-state index in [1.807, 2.05) is 0 Å². The minimum absolute atomic E-state index is 0.0694. The van der Waals surface area contributed by atoms with Crippen LogP contribution in [0.4, 0.5) is 0 Å². The Labute approximate surface area is 101 Å². The lowest BCUT2D eigenvalue weighted by Crippen LogP contribution is -2.22. The van der Waals surface area contributed by atoms with Crippen molar-refractivity contribution in [2.24, 2.45) is 4.99 Å². The van der Waals surface area contributed by atoms with Gasteiger partial charge in [-0.3, -0.25) is 4.79 Å². The molecule has 0 saturated carbocycles. The van der Waals surface area contributed by atoms with Crippen molar-refractivity contribution in [2.75, 3.05) is 34.5 Å². The zero-order chi connectivity index (χ0) is 13.7. The second kappa shape index (κ2) is 12.7. The van der Waals surface area contributed by atoms with Crippen molar-refractivity contribution in [3.05, 3.63) is 12.2 Å². The summed E-state index contributed by atoms with van der Waals surface area (Å²) < 4.78 is 14.7. The summed E-state index contributed by atoms with van der Waals surface area (Å²) in [5, 5.41) is 0. The summed E-state index contributed by atoms with van der Waals surface area (Å²) >= 11 is 0. The molecule has 98 valence electrons. The molecule has 17 heavy (non-hydrogen) atoms. The lowest BCUT2D eigenvalue weighted by Gasteiger charge is -2.11. The molecule has 0 aliphatic carbocycles. The Kier molecular flexibility index (Phi) is 13.5. The molecule has 0 bridgehead atoms. The zero-order valence-electron chi connectivity index (χ0n) is 10.7. The van der Waals surface area contributed by atoms with Crippen molar-refractivity contribution in [3.63, 3.8) is 0 Å². The van der Waals surface area contributed by atoms with Crippen molar-refractivity contribution in [2.45, 2.75) is 13.0 Å². The maximum atomic E-state index is 10.2. The fourth-order valence-electron chi connectivity index (χ4n) is 0.693. The normalized spacial score (nSPS) is 9.00. The average Bonchev–Trinajstić information content (AvgIpc) is 2.30. The number of carbonyl (C=O) groups excluding carboxylic acids is 2. The minimum atomic E-state index is -0.611. The molecule has 0 rings (SSSR count). The second-order valence-electron chi connectivity index (χ2n) is 3.06. The first kappa shape index (κ1) is 18.0. The van der Waals surface area contributed by atoms with Crippen LogP contribution < -0.4 is 0 Å². The number of amides is 1. The number of methoxy groups -OCH3 is 3. The van der Waals surface area contributed by atoms with E-state index in [1.165, 1.54) is 6.92 Å². The summed E-state index contributed by atoms with van der Waals surface area (Å²) in [6, 6.07) is 0. The van der Waals surface area contributed by atoms with Gasteiger partial charge >= 0.3 is 0 Å². The third-order valence-electron chi connectivity index (χ3n) is 1.55. The molecule has 6 heteroatoms. The van der Waals surface area contributed by atoms with E-state index < -0.39 is 5.91 Å². The van der Waals surface area contributed by atoms with E-state index in [1.54, 1.807) is 21.3 Å². The summed E-state index contributed by atoms with van der Waals surface area (Å²) in [5.74, 6) is -0.611. The molecule has 0 unspecified atom stereocenters. The highest BCUT2D eigenvalue weighted by Crippen LogP contribution is 1.89. The number of isocyanates is 1. The average molecular weight is 245 g/mol. The molecule has 0 fully saturated rings. The van der Waals surface area contributed by atoms with Crippen LogP contribution in [0.2, 0.25) is 0 Å². The number of nitrogens with zero attached hydrogens (tertiary/aromatic N) is 1. The molecule has 0 aliphatic rings. The Balaban J connectivity index is 0. The van der Waals surface area contributed by atoms with Crippen LogP contribution in [-0.4, -0.2) is 52.6 Å². The van der Waals surface area contributed by atoms with E-state index in [2.05, 4.69) is 11.6 Å². The molecular weight excluding hydrogens is 226 g/mol. The molecule has 0 saturated heterocycles. The lowest BCUT2D eigenvalue weighted by molar-refractivity contribution is -0.114. The van der Waals surface area contributed by atoms with Gasteiger partial charge in [-0.05, 0) is 6.92 Å². The number of ether oxygens (including phenoxy) is 3. The van der Waals surface area contributed by atoms with Crippen LogP contribution in [0.3, 0.4) is 0 Å². The third kappa shape index (κ3) is 12.6. The molecular formula is C11H19NO5. The summed E-state index contributed by atoms with van der Waals surface area (Å²) in [6.45, 7) is 5.90. The van der Waals surface area contributed by atoms with E-state index in [-0.39, 0.29) is 11.7 Å². The third-order valence-corrected chi connectivity index (χ3v) is 1.55. The van der Waals surface area contributed by atoms with Crippen LogP contribution in [0.25, 0.3) is 0 Å². The highest BCUT2D eigenvalue weighted by molar-refractivity contribution is 5.95. The molecule has 0 aromatic rings. The molecule has 1 amide bonds. The van der Waals surface area contributed by atoms with Gasteiger partial charge in [0.15, 0.2) is 0 Å². The summed E-state index contributed by atoms with van der Waals surface area (Å²) in [4.78, 5) is 22.4. The van der Waals surface area contributed by atoms with Gasteiger partial charge in [0.1, 0.15) is 6.10 Å². The van der Waals surface area contributed by atoms with E-state index in [0.717, 1.165) is 6.08 Å². The minimum Gasteiger partial charge on any atom is -0.382 e. The number of aliphatic imine (C=N–C) groups is 1. The fraction of sp³-hybridized carbons (Fsp3) is 0.636. The predicted molar refractivity (Wildman–Crippen MR) is 62.5 cm³/mol. The second-order valence-corrected chi connectivity index (χ2v) is 3.06. The Morgan fingerprint density at radius 3 is 1.94 bits per heavy atom. The summed E-state index contributed by atoms with van der Waals surface area (Å²) in [6.07, 6.45) is 1.18. The smallest absolute Gasteiger partial charge is 0.282 e. The topological polar surface area (TPSA) is 74.2 Å². The van der Waals surface area contributed by atoms with Gasteiger partial charge in [0.25, 0.3) is 5.91 Å². The van der Waals surface area contributed by atoms with Crippen LogP contribution in [0.5, 0.6) is 0 Å². The van der Waals surface area contributed by atoms with Crippen molar-refractivity contribution >= 4 is 12.0 Å². The first-order valence-corrected chi connectivity index (χ1v) is 4.81. The van der Waals surface area contributed by atoms with Crippen molar-refractivity contribution in [1.29, 1.82) is 0 Å². The first-order valence-electron chi connectivity index (χ1n) is 4.81. The number of carbonyl (C=O) groups is 1. The molecule has 0 spiro atoms. The maximum Gasteiger partial charge on any atom is 0.282 e. The molecule has 0 aromatic heterocycles. The number of hydrogen-bond acceptors (Lipinski definition) is 5. The molecule has 0 aromatic carbocycles. The van der Waals surface area contributed by atoms with Gasteiger partial charge < -0.3 is 14.2 Å². The number of rotatable bonds is 6. The first-order chi connectivity index (χ1) is 8.03. The largest absolute Gasteiger partial charge is 0.382 e. The standard InChI is InChI=1S/C6H14O3.C5H5NO2/c1-7-4-6(9-3)5-8-2;1-4(2)5(8)6-3-7/h6H,4-5H2,1-3H3;1H2,2H3. The van der Waals surface area contributed by atoms with Crippen LogP contribution in [-0.2, 0) is 23.8 Å². The Bertz CT molecular complexity index is 261. The van der Waals surface area contributed by atoms with Crippen molar-refractivity contribution in [1.82, 2.24) is 0 Å². The van der Waals surface area contributed by atoms with E-state index >= 15 is 0 Å².